The van der Waals surface area contributed by atoms with Crippen LogP contribution in [0.25, 0.3) is 0 Å². The van der Waals surface area contributed by atoms with Gasteiger partial charge in [-0.15, -0.1) is 0 Å². The number of carboxylic acids is 1. The topological polar surface area (TPSA) is 91.6 Å². The molecule has 0 aliphatic carbocycles. The smallest absolute Gasteiger partial charge is 0.332 e. The number of amides is 1. The molecule has 1 aromatic rings. The maximum Gasteiger partial charge on any atom is 0.332 e. The largest absolute Gasteiger partial charge is 0.479 e. The molecule has 17 heavy (non-hydrogen) atoms. The molecule has 0 unspecified atom stereocenters. The minimum atomic E-state index is -1.47. The van der Waals surface area contributed by atoms with Crippen LogP contribution in [0.1, 0.15) is 16.9 Å². The van der Waals surface area contributed by atoms with Crippen molar-refractivity contribution in [3.05, 3.63) is 23.0 Å². The maximum atomic E-state index is 11.6. The van der Waals surface area contributed by atoms with Crippen molar-refractivity contribution in [3.8, 4) is 0 Å². The predicted octanol–water partition coefficient (Wildman–Crippen LogP) is 0.244. The molecule has 0 saturated carbocycles. The van der Waals surface area contributed by atoms with Crippen molar-refractivity contribution >= 4 is 23.5 Å². The normalized spacial score (nSPS) is 12.2. The van der Waals surface area contributed by atoms with Crippen molar-refractivity contribution in [2.45, 2.75) is 12.5 Å². The number of carbonyl (C=O) groups is 2. The van der Waals surface area contributed by atoms with Gasteiger partial charge in [-0.05, 0) is 6.07 Å². The Bertz CT molecular complexity index is 430. The fourth-order valence-electron chi connectivity index (χ4n) is 1.29. The van der Waals surface area contributed by atoms with E-state index in [1.54, 1.807) is 17.8 Å². The fraction of sp³-hybridized carbons (Fsp3) is 0.400. The van der Waals surface area contributed by atoms with Gasteiger partial charge in [-0.3, -0.25) is 4.79 Å². The Hall–Kier alpha value is -1.53. The van der Waals surface area contributed by atoms with Crippen LogP contribution in [0, 0.1) is 0 Å². The molecule has 1 amide bonds. The van der Waals surface area contributed by atoms with Gasteiger partial charge in [0, 0.05) is 26.2 Å². The van der Waals surface area contributed by atoms with Gasteiger partial charge in [0.1, 0.15) is 5.69 Å². The van der Waals surface area contributed by atoms with Gasteiger partial charge in [-0.1, -0.05) is 11.6 Å². The molecule has 6 nitrogen and oxygen atoms in total. The van der Waals surface area contributed by atoms with E-state index in [1.807, 2.05) is 0 Å². The van der Waals surface area contributed by atoms with Crippen LogP contribution >= 0.6 is 11.6 Å². The Labute approximate surface area is 103 Å². The van der Waals surface area contributed by atoms with Crippen LogP contribution in [0.2, 0.25) is 5.02 Å². The fourth-order valence-corrected chi connectivity index (χ4v) is 1.54. The molecule has 3 N–H and O–H groups in total. The Morgan fingerprint density at radius 1 is 1.59 bits per heavy atom. The minimum absolute atomic E-state index is 0.0424. The first-order valence-corrected chi connectivity index (χ1v) is 5.30. The second kappa shape index (κ2) is 5.70. The number of aromatic nitrogens is 1. The van der Waals surface area contributed by atoms with Gasteiger partial charge in [0.2, 0.25) is 0 Å². The van der Waals surface area contributed by atoms with Crippen molar-refractivity contribution in [2.75, 3.05) is 6.54 Å². The van der Waals surface area contributed by atoms with E-state index in [0.717, 1.165) is 0 Å². The van der Waals surface area contributed by atoms with E-state index in [1.165, 1.54) is 6.07 Å². The maximum absolute atomic E-state index is 11.6. The molecule has 94 valence electrons. The molecule has 1 atom stereocenters. The molecule has 0 bridgehead atoms. The molecule has 0 fully saturated rings. The van der Waals surface area contributed by atoms with E-state index in [2.05, 4.69) is 5.32 Å². The molecular weight excluding hydrogens is 248 g/mol. The summed E-state index contributed by atoms with van der Waals surface area (Å²) in [4.78, 5) is 21.9. The number of nitrogens with zero attached hydrogens (tertiary/aromatic N) is 1. The first-order chi connectivity index (χ1) is 7.91. The van der Waals surface area contributed by atoms with Crippen LogP contribution in [0.4, 0.5) is 0 Å². The number of rotatable bonds is 5. The molecule has 1 rings (SSSR count). The lowest BCUT2D eigenvalue weighted by Crippen LogP contribution is -2.30. The number of aliphatic carboxylic acids is 1. The summed E-state index contributed by atoms with van der Waals surface area (Å²) < 4.78 is 1.56. The summed E-state index contributed by atoms with van der Waals surface area (Å²) in [5.41, 5.74) is 0.375. The van der Waals surface area contributed by atoms with E-state index in [-0.39, 0.29) is 18.9 Å². The number of carbonyl (C=O) groups excluding carboxylic acids is 1. The summed E-state index contributed by atoms with van der Waals surface area (Å²) in [6.07, 6.45) is 0.0780. The first-order valence-electron chi connectivity index (χ1n) is 4.92. The van der Waals surface area contributed by atoms with Crippen molar-refractivity contribution in [2.24, 2.45) is 7.05 Å². The van der Waals surface area contributed by atoms with Gasteiger partial charge in [0.15, 0.2) is 6.10 Å². The lowest BCUT2D eigenvalue weighted by molar-refractivity contribution is -0.146. The predicted molar refractivity (Wildman–Crippen MR) is 61.0 cm³/mol. The summed E-state index contributed by atoms with van der Waals surface area (Å²) in [6.45, 7) is 0.0785. The number of aryl methyl sites for hydroxylation is 1. The van der Waals surface area contributed by atoms with Crippen molar-refractivity contribution in [3.63, 3.8) is 0 Å². The van der Waals surface area contributed by atoms with Gasteiger partial charge in [-0.25, -0.2) is 4.79 Å². The number of nitrogens with one attached hydrogen (secondary N) is 1. The van der Waals surface area contributed by atoms with Crippen LogP contribution < -0.4 is 5.32 Å². The molecule has 0 aromatic carbocycles. The third-order valence-electron chi connectivity index (χ3n) is 2.19. The molecule has 0 aliphatic heterocycles. The van der Waals surface area contributed by atoms with E-state index in [0.29, 0.717) is 10.7 Å². The summed E-state index contributed by atoms with van der Waals surface area (Å²) >= 11 is 5.72. The molecule has 0 radical (unpaired) electrons. The van der Waals surface area contributed by atoms with Crippen LogP contribution in [-0.4, -0.2) is 39.3 Å². The van der Waals surface area contributed by atoms with E-state index >= 15 is 0 Å². The highest BCUT2D eigenvalue weighted by Crippen LogP contribution is 2.12. The Kier molecular flexibility index (Phi) is 4.53. The van der Waals surface area contributed by atoms with Crippen LogP contribution in [0.3, 0.4) is 0 Å². The van der Waals surface area contributed by atoms with Crippen molar-refractivity contribution in [1.82, 2.24) is 9.88 Å². The third kappa shape index (κ3) is 3.76. The second-order valence-corrected chi connectivity index (χ2v) is 3.99. The van der Waals surface area contributed by atoms with Gasteiger partial charge >= 0.3 is 5.97 Å². The molecule has 0 spiro atoms. The van der Waals surface area contributed by atoms with Gasteiger partial charge < -0.3 is 20.1 Å². The minimum Gasteiger partial charge on any atom is -0.479 e. The summed E-state index contributed by atoms with van der Waals surface area (Å²) in [5.74, 6) is -1.67. The van der Waals surface area contributed by atoms with Crippen LogP contribution in [-0.2, 0) is 11.8 Å². The molecule has 0 saturated heterocycles. The van der Waals surface area contributed by atoms with Crippen molar-refractivity contribution < 1.29 is 19.8 Å². The SMILES string of the molecule is Cn1cc(Cl)cc1C(=O)NCC[C@H](O)C(=O)O. The average Bonchev–Trinajstić information content (AvgIpc) is 2.57. The summed E-state index contributed by atoms with van der Waals surface area (Å²) in [6, 6.07) is 1.50. The van der Waals surface area contributed by atoms with Gasteiger partial charge in [0.05, 0.1) is 5.02 Å². The number of aliphatic hydroxyl groups excluding tert-OH is 1. The molecule has 1 heterocycles. The first kappa shape index (κ1) is 13.5. The molecular formula is C10H13ClN2O4. The average molecular weight is 261 g/mol. The quantitative estimate of drug-likeness (QED) is 0.707. The van der Waals surface area contributed by atoms with Gasteiger partial charge in [0.25, 0.3) is 5.91 Å². The number of carboxylic acid groups (broad SMARTS) is 1. The van der Waals surface area contributed by atoms with Crippen LogP contribution in [0.5, 0.6) is 0 Å². The molecule has 1 aromatic heterocycles. The highest BCUT2D eigenvalue weighted by Gasteiger charge is 2.14. The highest BCUT2D eigenvalue weighted by molar-refractivity contribution is 6.31. The lowest BCUT2D eigenvalue weighted by Gasteiger charge is -2.07. The van der Waals surface area contributed by atoms with Crippen LogP contribution in [0.15, 0.2) is 12.3 Å². The number of hydrogen-bond acceptors (Lipinski definition) is 3. The highest BCUT2D eigenvalue weighted by atomic mass is 35.5. The zero-order valence-corrected chi connectivity index (χ0v) is 9.94. The standard InChI is InChI=1S/C10H13ClN2O4/c1-13-5-6(11)4-7(13)9(15)12-3-2-8(14)10(16)17/h4-5,8,14H,2-3H2,1H3,(H,12,15)(H,16,17)/t8-/m0/s1. The van der Waals surface area contributed by atoms with Crippen molar-refractivity contribution in [1.29, 1.82) is 0 Å². The van der Waals surface area contributed by atoms with E-state index in [9.17, 15) is 9.59 Å². The Balaban J connectivity index is 2.45. The van der Waals surface area contributed by atoms with Gasteiger partial charge in [-0.2, -0.15) is 0 Å². The number of halogens is 1. The number of aliphatic hydroxyl groups is 1. The lowest BCUT2D eigenvalue weighted by atomic mass is 10.2. The van der Waals surface area contributed by atoms with E-state index in [4.69, 9.17) is 21.8 Å². The molecule has 7 heteroatoms. The second-order valence-electron chi connectivity index (χ2n) is 3.55. The number of hydrogen-bond donors (Lipinski definition) is 3. The third-order valence-corrected chi connectivity index (χ3v) is 2.40. The Morgan fingerprint density at radius 2 is 2.24 bits per heavy atom. The Morgan fingerprint density at radius 3 is 2.71 bits per heavy atom. The van der Waals surface area contributed by atoms with E-state index < -0.39 is 12.1 Å². The summed E-state index contributed by atoms with van der Waals surface area (Å²) in [5, 5.41) is 20.4. The molecule has 0 aliphatic rings. The zero-order valence-electron chi connectivity index (χ0n) is 9.18. The summed E-state index contributed by atoms with van der Waals surface area (Å²) in [7, 11) is 1.67. The monoisotopic (exact) mass is 260 g/mol. The zero-order chi connectivity index (χ0) is 13.0.